The normalized spacial score (nSPS) is 5.25. The quantitative estimate of drug-likeness (QED) is 0.498. The summed E-state index contributed by atoms with van der Waals surface area (Å²) < 4.78 is 8.88. The molecule has 0 saturated heterocycles. The van der Waals surface area contributed by atoms with Crippen LogP contribution >= 0.6 is 35.1 Å². The van der Waals surface area contributed by atoms with Crippen molar-refractivity contribution in [2.75, 3.05) is 0 Å². The van der Waals surface area contributed by atoms with Gasteiger partial charge in [0.2, 0.25) is 0 Å². The van der Waals surface area contributed by atoms with E-state index in [0.717, 1.165) is 0 Å². The molecule has 4 heteroatoms. The Labute approximate surface area is 40.1 Å². The highest BCUT2D eigenvalue weighted by Crippen LogP contribution is 1.98. The zero-order valence-corrected chi connectivity index (χ0v) is 5.10. The fourth-order valence-electron chi connectivity index (χ4n) is 0. The Balaban J connectivity index is 0. The second-order valence-corrected chi connectivity index (χ2v) is 1.20. The molecule has 0 bridgehead atoms. The molecule has 0 rings (SSSR count). The van der Waals surface area contributed by atoms with Crippen LogP contribution in [0.2, 0.25) is 0 Å². The summed E-state index contributed by atoms with van der Waals surface area (Å²) in [6.07, 6.45) is 0. The topological polar surface area (TPSA) is 17.1 Å². The molecular formula is H2BrClOP+. The fraction of sp³-hybridized carbons (Fsp3) is 0. The fourth-order valence-corrected chi connectivity index (χ4v) is 0. The number of halogens is 2. The van der Waals surface area contributed by atoms with Gasteiger partial charge in [-0.25, -0.2) is 0 Å². The first-order chi connectivity index (χ1) is 1.41. The molecule has 4 heavy (non-hydrogen) atoms. The monoisotopic (exact) mass is 163 g/mol. The zero-order valence-electron chi connectivity index (χ0n) is 1.69. The van der Waals surface area contributed by atoms with Crippen molar-refractivity contribution in [3.8, 4) is 0 Å². The third-order valence-corrected chi connectivity index (χ3v) is 0. The highest BCUT2D eigenvalue weighted by atomic mass is 79.9. The highest BCUT2D eigenvalue weighted by Gasteiger charge is 1.52. The largest absolute Gasteiger partial charge is 0.403 e. The van der Waals surface area contributed by atoms with Crippen molar-refractivity contribution in [3.63, 3.8) is 0 Å². The van der Waals surface area contributed by atoms with Gasteiger partial charge in [0, 0.05) is 0 Å². The van der Waals surface area contributed by atoms with E-state index in [4.69, 9.17) is 4.57 Å². The van der Waals surface area contributed by atoms with Gasteiger partial charge >= 0.3 is 7.16 Å². The molecule has 1 unspecified atom stereocenters. The second kappa shape index (κ2) is 9.12. The Morgan fingerprint density at radius 3 is 1.75 bits per heavy atom. The van der Waals surface area contributed by atoms with Crippen molar-refractivity contribution < 1.29 is 4.57 Å². The van der Waals surface area contributed by atoms with E-state index in [9.17, 15) is 0 Å². The summed E-state index contributed by atoms with van der Waals surface area (Å²) in [6.45, 7) is 0. The van der Waals surface area contributed by atoms with Crippen LogP contribution in [-0.2, 0) is 4.57 Å². The molecule has 26 valence electrons. The summed E-state index contributed by atoms with van der Waals surface area (Å²) in [6, 6.07) is 0. The van der Waals surface area contributed by atoms with Crippen molar-refractivity contribution in [1.29, 1.82) is 0 Å². The van der Waals surface area contributed by atoms with E-state index < -0.39 is 0 Å². The van der Waals surface area contributed by atoms with Gasteiger partial charge in [0.15, 0.2) is 0 Å². The van der Waals surface area contributed by atoms with Gasteiger partial charge in [0.25, 0.3) is 15.5 Å². The summed E-state index contributed by atoms with van der Waals surface area (Å²) in [5.41, 5.74) is 0. The predicted octanol–water partition coefficient (Wildman–Crippen LogP) is 1.74. The summed E-state index contributed by atoms with van der Waals surface area (Å²) in [4.78, 5) is 0. The van der Waals surface area contributed by atoms with Crippen LogP contribution in [0.25, 0.3) is 0 Å². The van der Waals surface area contributed by atoms with Gasteiger partial charge in [-0.15, -0.1) is 12.4 Å². The van der Waals surface area contributed by atoms with E-state index in [1.54, 1.807) is 0 Å². The Morgan fingerprint density at radius 2 is 1.75 bits per heavy atom. The van der Waals surface area contributed by atoms with Crippen LogP contribution in [0.15, 0.2) is 0 Å². The van der Waals surface area contributed by atoms with Gasteiger partial charge in [-0.2, -0.15) is 0 Å². The van der Waals surface area contributed by atoms with Crippen molar-refractivity contribution in [1.82, 2.24) is 0 Å². The summed E-state index contributed by atoms with van der Waals surface area (Å²) in [7, 11) is -0.354. The molecule has 0 aliphatic heterocycles. The van der Waals surface area contributed by atoms with E-state index in [0.29, 0.717) is 0 Å². The maximum Gasteiger partial charge on any atom is 0.403 e. The van der Waals surface area contributed by atoms with Crippen LogP contribution < -0.4 is 0 Å². The molecule has 0 aromatic rings. The minimum Gasteiger partial charge on any atom is -0.147 e. The van der Waals surface area contributed by atoms with Crippen molar-refractivity contribution >= 4 is 35.1 Å². The van der Waals surface area contributed by atoms with Crippen molar-refractivity contribution in [2.45, 2.75) is 0 Å². The summed E-state index contributed by atoms with van der Waals surface area (Å²) in [5.74, 6) is 0. The molecule has 0 aliphatic carbocycles. The average Bonchev–Trinajstić information content (AvgIpc) is 0.918. The van der Waals surface area contributed by atoms with Crippen LogP contribution in [0.4, 0.5) is 0 Å². The first kappa shape index (κ1) is 8.85. The molecule has 0 heterocycles. The Morgan fingerprint density at radius 1 is 1.75 bits per heavy atom. The number of hydrogen-bond acceptors (Lipinski definition) is 1. The molecule has 0 spiro atoms. The Hall–Kier alpha value is 0.870. The second-order valence-electron chi connectivity index (χ2n) is 0.0772. The van der Waals surface area contributed by atoms with Gasteiger partial charge < -0.3 is 0 Å². The minimum absolute atomic E-state index is 0. The Kier molecular flexibility index (Phi) is 20.2. The maximum absolute atomic E-state index is 8.88. The lowest BCUT2D eigenvalue weighted by atomic mass is 16.0. The molecule has 0 aromatic carbocycles. The van der Waals surface area contributed by atoms with Crippen molar-refractivity contribution in [2.24, 2.45) is 0 Å². The summed E-state index contributed by atoms with van der Waals surface area (Å²) in [5, 5.41) is 0. The lowest BCUT2D eigenvalue weighted by molar-refractivity contribution is 0.606. The molecule has 0 radical (unpaired) electrons. The first-order valence-electron chi connectivity index (χ1n) is 0.393. The predicted molar refractivity (Wildman–Crippen MR) is 25.2 cm³/mol. The smallest absolute Gasteiger partial charge is 0.147 e. The third-order valence-electron chi connectivity index (χ3n) is 0. The number of rotatable bonds is 0. The zero-order chi connectivity index (χ0) is 2.71. The van der Waals surface area contributed by atoms with E-state index in [2.05, 4.69) is 15.5 Å². The van der Waals surface area contributed by atoms with Gasteiger partial charge in [0.1, 0.15) is 0 Å². The van der Waals surface area contributed by atoms with Gasteiger partial charge in [0.05, 0.1) is 0 Å². The summed E-state index contributed by atoms with van der Waals surface area (Å²) >= 11 is 2.62. The van der Waals surface area contributed by atoms with Crippen LogP contribution in [0.5, 0.6) is 0 Å². The van der Waals surface area contributed by atoms with Gasteiger partial charge in [-0.05, 0) is 0 Å². The molecule has 0 aromatic heterocycles. The van der Waals surface area contributed by atoms with Crippen molar-refractivity contribution in [3.05, 3.63) is 0 Å². The molecule has 1 nitrogen and oxygen atoms in total. The standard InChI is InChI=1S/BrOP.ClH/c1-3-2;/h;1H/p+1. The molecule has 0 amide bonds. The first-order valence-corrected chi connectivity index (χ1v) is 3.56. The lowest BCUT2D eigenvalue weighted by Crippen LogP contribution is -0.681. The van der Waals surface area contributed by atoms with E-state index in [1.165, 1.54) is 0 Å². The highest BCUT2D eigenvalue weighted by molar-refractivity contribution is 9.35. The molecule has 0 aliphatic rings. The maximum atomic E-state index is 8.88. The minimum atomic E-state index is -0.354. The molecule has 0 N–H and O–H groups in total. The molecular weight excluding hydrogens is 162 g/mol. The third kappa shape index (κ3) is 13.3. The lowest BCUT2D eigenvalue weighted by Gasteiger charge is -0.966. The van der Waals surface area contributed by atoms with Crippen LogP contribution in [-0.4, -0.2) is 0 Å². The van der Waals surface area contributed by atoms with Crippen LogP contribution in [0.1, 0.15) is 0 Å². The van der Waals surface area contributed by atoms with E-state index >= 15 is 0 Å². The van der Waals surface area contributed by atoms with E-state index in [-0.39, 0.29) is 19.6 Å². The van der Waals surface area contributed by atoms with Crippen LogP contribution in [0, 0.1) is 0 Å². The average molecular weight is 164 g/mol. The number of hydrogen-bond donors (Lipinski definition) is 0. The molecule has 0 fully saturated rings. The molecule has 0 saturated carbocycles. The van der Waals surface area contributed by atoms with Gasteiger partial charge in [-0.1, -0.05) is 4.57 Å². The SMILES string of the molecule is Cl.O=[PH+]Br. The molecule has 1 atom stereocenters. The van der Waals surface area contributed by atoms with Gasteiger partial charge in [-0.3, -0.25) is 0 Å². The van der Waals surface area contributed by atoms with Crippen LogP contribution in [0.3, 0.4) is 0 Å². The van der Waals surface area contributed by atoms with E-state index in [1.807, 2.05) is 0 Å². The Bertz CT molecular complexity index is 15.5.